The molecular formula is C25H53NO6P+. The Bertz CT molecular complexity index is 510. The molecule has 0 amide bonds. The second-order valence-corrected chi connectivity index (χ2v) is 11.4. The van der Waals surface area contributed by atoms with Gasteiger partial charge in [0.25, 0.3) is 0 Å². The molecule has 0 aliphatic rings. The van der Waals surface area contributed by atoms with Crippen LogP contribution in [0.3, 0.4) is 0 Å². The molecule has 1 unspecified atom stereocenters. The molecule has 0 spiro atoms. The number of aliphatic hydroxyl groups is 1. The smallest absolute Gasteiger partial charge is 0.388 e. The number of likely N-dealkylation sites (N-methyl/N-ethyl adjacent to an activating group) is 1. The Morgan fingerprint density at radius 1 is 0.788 bits per heavy atom. The number of phosphoric acid groups is 1. The van der Waals surface area contributed by atoms with Crippen LogP contribution in [0.4, 0.5) is 0 Å². The van der Waals surface area contributed by atoms with Gasteiger partial charge in [-0.05, 0) is 19.3 Å². The van der Waals surface area contributed by atoms with Gasteiger partial charge in [-0.3, -0.25) is 9.05 Å². The van der Waals surface area contributed by atoms with E-state index < -0.39 is 13.9 Å². The van der Waals surface area contributed by atoms with Crippen LogP contribution in [0, 0.1) is 0 Å². The van der Waals surface area contributed by atoms with Gasteiger partial charge in [0.15, 0.2) is 0 Å². The fraction of sp³-hybridized carbons (Fsp3) is 0.920. The Hall–Kier alpha value is -0.270. The average molecular weight is 495 g/mol. The summed E-state index contributed by atoms with van der Waals surface area (Å²) in [5.74, 6) is 0. The first-order valence-corrected chi connectivity index (χ1v) is 14.5. The molecule has 0 rings (SSSR count). The number of ether oxygens (including phenoxy) is 1. The van der Waals surface area contributed by atoms with Crippen LogP contribution in [0.25, 0.3) is 0 Å². The third-order valence-corrected chi connectivity index (χ3v) is 6.31. The third kappa shape index (κ3) is 26.2. The zero-order valence-electron chi connectivity index (χ0n) is 21.9. The number of hydrogen-bond acceptors (Lipinski definition) is 5. The molecule has 0 heterocycles. The topological polar surface area (TPSA) is 85.2 Å². The summed E-state index contributed by atoms with van der Waals surface area (Å²) in [6.45, 7) is 3.21. The molecular weight excluding hydrogens is 441 g/mol. The fourth-order valence-electron chi connectivity index (χ4n) is 3.23. The zero-order chi connectivity index (χ0) is 24.8. The predicted octanol–water partition coefficient (Wildman–Crippen LogP) is 5.85. The lowest BCUT2D eigenvalue weighted by Crippen LogP contribution is -2.37. The number of nitrogens with zero attached hydrogens (tertiary/aromatic N) is 1. The number of unbranched alkanes of at least 4 members (excludes halogenated alkanes) is 11. The van der Waals surface area contributed by atoms with Crippen LogP contribution in [-0.2, 0) is 18.3 Å². The van der Waals surface area contributed by atoms with E-state index in [-0.39, 0.29) is 19.8 Å². The first-order valence-electron chi connectivity index (χ1n) is 13.0. The Balaban J connectivity index is 3.48. The van der Waals surface area contributed by atoms with E-state index in [1.54, 1.807) is 0 Å². The molecule has 8 heteroatoms. The first-order chi connectivity index (χ1) is 15.7. The van der Waals surface area contributed by atoms with Crippen molar-refractivity contribution in [1.82, 2.24) is 0 Å². The Morgan fingerprint density at radius 2 is 1.33 bits per heavy atom. The van der Waals surface area contributed by atoms with Gasteiger partial charge in [-0.25, -0.2) is 4.57 Å². The second-order valence-electron chi connectivity index (χ2n) is 9.92. The van der Waals surface area contributed by atoms with Crippen LogP contribution in [0.1, 0.15) is 90.4 Å². The Morgan fingerprint density at radius 3 is 1.91 bits per heavy atom. The maximum atomic E-state index is 11.8. The maximum Gasteiger partial charge on any atom is 0.472 e. The van der Waals surface area contributed by atoms with E-state index in [0.29, 0.717) is 17.6 Å². The average Bonchev–Trinajstić information content (AvgIpc) is 2.73. The molecule has 0 aromatic rings. The third-order valence-electron chi connectivity index (χ3n) is 5.33. The highest BCUT2D eigenvalue weighted by Gasteiger charge is 2.24. The minimum Gasteiger partial charge on any atom is -0.388 e. The molecule has 0 bridgehead atoms. The minimum absolute atomic E-state index is 0.0608. The number of phosphoric ester groups is 1. The summed E-state index contributed by atoms with van der Waals surface area (Å²) in [6.07, 6.45) is 20.2. The van der Waals surface area contributed by atoms with Gasteiger partial charge in [0, 0.05) is 0 Å². The molecule has 0 aromatic heterocycles. The highest BCUT2D eigenvalue weighted by Crippen LogP contribution is 2.43. The normalized spacial score (nSPS) is 15.2. The van der Waals surface area contributed by atoms with Crippen molar-refractivity contribution in [2.45, 2.75) is 96.5 Å². The van der Waals surface area contributed by atoms with Gasteiger partial charge in [0.1, 0.15) is 19.3 Å². The molecule has 33 heavy (non-hydrogen) atoms. The SMILES string of the molecule is CCCCCCCCCCCCC/C=C/CCOC[C@@H](O)COP(=O)(O)OCC[N+](C)(C)C. The van der Waals surface area contributed by atoms with Crippen molar-refractivity contribution < 1.29 is 32.8 Å². The van der Waals surface area contributed by atoms with Gasteiger partial charge in [-0.1, -0.05) is 83.3 Å². The summed E-state index contributed by atoms with van der Waals surface area (Å²) >= 11 is 0. The van der Waals surface area contributed by atoms with Crippen molar-refractivity contribution in [1.29, 1.82) is 0 Å². The molecule has 0 saturated heterocycles. The van der Waals surface area contributed by atoms with E-state index in [1.165, 1.54) is 70.6 Å². The number of allylic oxidation sites excluding steroid dienone is 1. The van der Waals surface area contributed by atoms with Crippen molar-refractivity contribution in [2.24, 2.45) is 0 Å². The van der Waals surface area contributed by atoms with Crippen LogP contribution in [0.5, 0.6) is 0 Å². The van der Waals surface area contributed by atoms with Gasteiger partial charge in [-0.2, -0.15) is 0 Å². The largest absolute Gasteiger partial charge is 0.472 e. The summed E-state index contributed by atoms with van der Waals surface area (Å²) < 4.78 is 27.5. The number of quaternary nitrogens is 1. The van der Waals surface area contributed by atoms with Gasteiger partial charge >= 0.3 is 7.82 Å². The van der Waals surface area contributed by atoms with Crippen molar-refractivity contribution >= 4 is 7.82 Å². The monoisotopic (exact) mass is 494 g/mol. The number of rotatable bonds is 24. The molecule has 2 N–H and O–H groups in total. The molecule has 0 aliphatic heterocycles. The molecule has 0 saturated carbocycles. The summed E-state index contributed by atoms with van der Waals surface area (Å²) in [5.41, 5.74) is 0. The summed E-state index contributed by atoms with van der Waals surface area (Å²) in [7, 11) is 1.73. The van der Waals surface area contributed by atoms with Gasteiger partial charge in [0.2, 0.25) is 0 Å². The first kappa shape index (κ1) is 32.7. The number of hydrogen-bond donors (Lipinski definition) is 2. The van der Waals surface area contributed by atoms with Crippen molar-refractivity contribution in [3.8, 4) is 0 Å². The second kappa shape index (κ2) is 21.0. The zero-order valence-corrected chi connectivity index (χ0v) is 22.8. The molecule has 7 nitrogen and oxygen atoms in total. The highest BCUT2D eigenvalue weighted by molar-refractivity contribution is 7.47. The standard InChI is InChI=1S/C25H52NO6P/c1-5-6-7-8-9-10-11-12-13-14-15-16-17-18-19-21-30-23-25(27)24-32-33(28,29)31-22-20-26(2,3)4/h17-18,25,27H,5-16,19-24H2,1-4H3/p+1/b18-17+/t25-/m1/s1. The fourth-order valence-corrected chi connectivity index (χ4v) is 3.98. The van der Waals surface area contributed by atoms with Crippen molar-refractivity contribution in [3.05, 3.63) is 12.2 Å². The number of aliphatic hydroxyl groups excluding tert-OH is 1. The molecule has 0 aromatic carbocycles. The Labute approximate surface area is 203 Å². The van der Waals surface area contributed by atoms with Crippen LogP contribution in [0.2, 0.25) is 0 Å². The van der Waals surface area contributed by atoms with Crippen LogP contribution >= 0.6 is 7.82 Å². The lowest BCUT2D eigenvalue weighted by molar-refractivity contribution is -0.870. The summed E-state index contributed by atoms with van der Waals surface area (Å²) in [6, 6.07) is 0. The van der Waals surface area contributed by atoms with Gasteiger partial charge in [-0.15, -0.1) is 0 Å². The van der Waals surface area contributed by atoms with E-state index in [4.69, 9.17) is 13.8 Å². The summed E-state index contributed by atoms with van der Waals surface area (Å²) in [4.78, 5) is 9.62. The van der Waals surface area contributed by atoms with Gasteiger partial charge < -0.3 is 19.2 Å². The van der Waals surface area contributed by atoms with Crippen LogP contribution < -0.4 is 0 Å². The van der Waals surface area contributed by atoms with Crippen LogP contribution in [-0.4, -0.2) is 74.7 Å². The van der Waals surface area contributed by atoms with Crippen LogP contribution in [0.15, 0.2) is 12.2 Å². The predicted molar refractivity (Wildman–Crippen MR) is 136 cm³/mol. The molecule has 0 fully saturated rings. The van der Waals surface area contributed by atoms with E-state index in [0.717, 1.165) is 12.8 Å². The lowest BCUT2D eigenvalue weighted by Gasteiger charge is -2.24. The molecule has 0 radical (unpaired) electrons. The van der Waals surface area contributed by atoms with E-state index in [1.807, 2.05) is 21.1 Å². The maximum absolute atomic E-state index is 11.8. The van der Waals surface area contributed by atoms with E-state index in [9.17, 15) is 14.6 Å². The van der Waals surface area contributed by atoms with Gasteiger partial charge in [0.05, 0.1) is 41.0 Å². The van der Waals surface area contributed by atoms with Crippen molar-refractivity contribution in [3.63, 3.8) is 0 Å². The quantitative estimate of drug-likeness (QED) is 0.0758. The molecule has 198 valence electrons. The highest BCUT2D eigenvalue weighted by atomic mass is 31.2. The van der Waals surface area contributed by atoms with E-state index in [2.05, 4.69) is 19.1 Å². The van der Waals surface area contributed by atoms with Crippen molar-refractivity contribution in [2.75, 3.05) is 54.1 Å². The lowest BCUT2D eigenvalue weighted by atomic mass is 10.1. The molecule has 0 aliphatic carbocycles. The molecule has 2 atom stereocenters. The minimum atomic E-state index is -4.15. The Kier molecular flexibility index (Phi) is 20.9. The van der Waals surface area contributed by atoms with E-state index >= 15 is 0 Å². The summed E-state index contributed by atoms with van der Waals surface area (Å²) in [5, 5.41) is 9.83.